The zero-order chi connectivity index (χ0) is 5.82. The molecular formula is C6H6O. The number of aromatic hydroxyl groups is 1. The zero-order valence-corrected chi connectivity index (χ0v) is 3.79. The number of hydrogen-bond donors (Lipinski definition) is 1. The lowest BCUT2D eigenvalue weighted by molar-refractivity contribution is 0.475. The third-order valence-corrected chi connectivity index (χ3v) is 0.743. The summed E-state index contributed by atoms with van der Waals surface area (Å²) in [6, 6.07) is 8.98. The summed E-state index contributed by atoms with van der Waals surface area (Å²) in [7, 11) is 0. The standard InChI is InChI=1S/C6H6O/c7-6-4-2-1-3-5-6/h1-5,7H/i6+1/hD. The Balaban J connectivity index is 2.83. The topological polar surface area (TPSA) is 20.2 Å². The molecule has 0 aliphatic rings. The monoisotopic (exact) mass is 96.1 g/mol. The van der Waals surface area contributed by atoms with Gasteiger partial charge in [0.15, 0.2) is 0 Å². The van der Waals surface area contributed by atoms with Crippen molar-refractivity contribution in [3.63, 3.8) is 0 Å². The second-order valence-corrected chi connectivity index (χ2v) is 1.31. The summed E-state index contributed by atoms with van der Waals surface area (Å²) in [5.74, 6) is 0.576. The lowest BCUT2D eigenvalue weighted by Crippen LogP contribution is -1.56. The third kappa shape index (κ3) is 0.929. The molecule has 0 aliphatic carbocycles. The minimum Gasteiger partial charge on any atom is -0.508 e. The highest BCUT2D eigenvalue weighted by Crippen LogP contribution is 2.02. The molecular weight excluding hydrogens is 89.1 g/mol. The van der Waals surface area contributed by atoms with Crippen LogP contribution in [0.5, 0.6) is 5.75 Å². The summed E-state index contributed by atoms with van der Waals surface area (Å²) < 4.78 is 6.44. The Bertz CT molecular complexity index is 150. The Morgan fingerprint density at radius 2 is 2.00 bits per heavy atom. The van der Waals surface area contributed by atoms with Gasteiger partial charge in [-0.2, -0.15) is 0 Å². The van der Waals surface area contributed by atoms with Crippen LogP contribution in [0.4, 0.5) is 0 Å². The van der Waals surface area contributed by atoms with Crippen molar-refractivity contribution in [2.24, 2.45) is 0 Å². The average molecular weight is 96.1 g/mol. The summed E-state index contributed by atoms with van der Waals surface area (Å²) in [5.41, 5.74) is 0. The fourth-order valence-corrected chi connectivity index (χ4v) is 0.420. The van der Waals surface area contributed by atoms with Crippen LogP contribution >= 0.6 is 0 Å². The maximum Gasteiger partial charge on any atom is 0.293 e. The first-order valence-corrected chi connectivity index (χ1v) is 2.11. The SMILES string of the molecule is [2H]O[13c]1ccccc1. The molecule has 0 amide bonds. The molecule has 1 nitrogen and oxygen atoms in total. The zero-order valence-electron chi connectivity index (χ0n) is 4.79. The Hall–Kier alpha value is -0.980. The summed E-state index contributed by atoms with van der Waals surface area (Å²) in [5, 5.41) is 4.16. The predicted molar refractivity (Wildman–Crippen MR) is 28.1 cm³/mol. The van der Waals surface area contributed by atoms with Gasteiger partial charge in [-0.25, -0.2) is 0 Å². The summed E-state index contributed by atoms with van der Waals surface area (Å²) in [6.45, 7) is 0. The number of phenols is 1. The van der Waals surface area contributed by atoms with E-state index in [2.05, 4.69) is 5.11 Å². The van der Waals surface area contributed by atoms with Crippen LogP contribution in [-0.4, -0.2) is 6.54 Å². The van der Waals surface area contributed by atoms with E-state index in [0.29, 0.717) is 5.75 Å². The maximum atomic E-state index is 6.44. The van der Waals surface area contributed by atoms with E-state index in [4.69, 9.17) is 1.43 Å². The molecule has 0 aliphatic heterocycles. The van der Waals surface area contributed by atoms with Gasteiger partial charge in [0, 0.05) is 0 Å². The van der Waals surface area contributed by atoms with Gasteiger partial charge in [-0.15, -0.1) is 0 Å². The van der Waals surface area contributed by atoms with Crippen molar-refractivity contribution in [2.75, 3.05) is 0 Å². The van der Waals surface area contributed by atoms with Crippen LogP contribution in [0.2, 0.25) is 0 Å². The van der Waals surface area contributed by atoms with Crippen molar-refractivity contribution in [2.45, 2.75) is 0 Å². The van der Waals surface area contributed by atoms with E-state index in [-0.39, 0.29) is 0 Å². The molecule has 36 valence electrons. The Labute approximate surface area is 43.7 Å². The smallest absolute Gasteiger partial charge is 0.293 e. The highest BCUT2D eigenvalue weighted by Gasteiger charge is 1.74. The van der Waals surface area contributed by atoms with Crippen LogP contribution < -0.4 is 0 Å². The highest BCUT2D eigenvalue weighted by atomic mass is 16.3. The van der Waals surface area contributed by atoms with Crippen LogP contribution in [0.15, 0.2) is 30.3 Å². The van der Waals surface area contributed by atoms with Gasteiger partial charge in [0.1, 0.15) is 5.75 Å². The highest BCUT2D eigenvalue weighted by molar-refractivity contribution is 5.18. The van der Waals surface area contributed by atoms with Crippen molar-refractivity contribution in [3.8, 4) is 5.75 Å². The molecule has 7 heavy (non-hydrogen) atoms. The molecule has 0 heterocycles. The van der Waals surface area contributed by atoms with Gasteiger partial charge in [-0.05, 0) is 12.1 Å². The van der Waals surface area contributed by atoms with E-state index in [1.165, 1.54) is 0 Å². The fourth-order valence-electron chi connectivity index (χ4n) is 0.420. The van der Waals surface area contributed by atoms with E-state index in [1.54, 1.807) is 12.1 Å². The van der Waals surface area contributed by atoms with Crippen LogP contribution in [-0.2, 0) is 0 Å². The predicted octanol–water partition coefficient (Wildman–Crippen LogP) is 1.39. The van der Waals surface area contributed by atoms with Crippen LogP contribution in [0, 0.1) is 0 Å². The van der Waals surface area contributed by atoms with E-state index in [0.717, 1.165) is 0 Å². The molecule has 1 N–H and O–H groups in total. The third-order valence-electron chi connectivity index (χ3n) is 0.743. The van der Waals surface area contributed by atoms with Gasteiger partial charge in [0.2, 0.25) is 0 Å². The Morgan fingerprint density at radius 3 is 2.43 bits per heavy atom. The first-order valence-electron chi connectivity index (χ1n) is 2.52. The quantitative estimate of drug-likeness (QED) is 0.560. The van der Waals surface area contributed by atoms with Crippen molar-refractivity contribution >= 4 is 0 Å². The van der Waals surface area contributed by atoms with Crippen LogP contribution in [0.1, 0.15) is 0 Å². The molecule has 1 rings (SSSR count). The number of hydrogen-bond acceptors (Lipinski definition) is 1. The summed E-state index contributed by atoms with van der Waals surface area (Å²) >= 11 is 0. The van der Waals surface area contributed by atoms with Crippen molar-refractivity contribution < 1.29 is 5.11 Å². The first-order chi connectivity index (χ1) is 3.93. The van der Waals surface area contributed by atoms with Gasteiger partial charge in [-0.1, -0.05) is 18.2 Å². The molecule has 0 radical (unpaired) electrons. The molecule has 0 spiro atoms. The van der Waals surface area contributed by atoms with Gasteiger partial charge in [-0.3, -0.25) is 0 Å². The van der Waals surface area contributed by atoms with E-state index in [1.807, 2.05) is 18.2 Å². The number of rotatable bonds is 1. The van der Waals surface area contributed by atoms with E-state index >= 15 is 0 Å². The molecule has 1 aromatic carbocycles. The molecule has 0 atom stereocenters. The maximum absolute atomic E-state index is 6.44. The molecule has 0 fully saturated rings. The van der Waals surface area contributed by atoms with Gasteiger partial charge in [0.05, 0.1) is 0 Å². The lowest BCUT2D eigenvalue weighted by Gasteiger charge is -1.82. The molecule has 0 bridgehead atoms. The number of phenolic OH excluding ortho intramolecular Hbond substituents is 1. The van der Waals surface area contributed by atoms with E-state index in [9.17, 15) is 0 Å². The van der Waals surface area contributed by atoms with Gasteiger partial charge in [0.25, 0.3) is 1.43 Å². The Kier molecular flexibility index (Phi) is 0.724. The molecule has 0 aromatic heterocycles. The summed E-state index contributed by atoms with van der Waals surface area (Å²) in [4.78, 5) is 0. The summed E-state index contributed by atoms with van der Waals surface area (Å²) in [6.07, 6.45) is 0. The number of para-hydroxylation sites is 1. The largest absolute Gasteiger partial charge is 0.508 e. The average Bonchev–Trinajstić information content (AvgIpc) is 1.90. The molecule has 0 saturated carbocycles. The number of benzene rings is 1. The second-order valence-electron chi connectivity index (χ2n) is 1.31. The van der Waals surface area contributed by atoms with Crippen LogP contribution in [0.3, 0.4) is 0 Å². The fraction of sp³-hybridized carbons (Fsp3) is 0. The lowest BCUT2D eigenvalue weighted by atomic mass is 10.5. The second kappa shape index (κ2) is 1.65. The van der Waals surface area contributed by atoms with Crippen molar-refractivity contribution in [1.29, 1.82) is 1.43 Å². The van der Waals surface area contributed by atoms with Crippen molar-refractivity contribution in [3.05, 3.63) is 30.3 Å². The van der Waals surface area contributed by atoms with Gasteiger partial charge < -0.3 is 5.11 Å². The van der Waals surface area contributed by atoms with Gasteiger partial charge >= 0.3 is 0 Å². The molecule has 1 heteroatoms. The normalized spacial score (nSPS) is 10.0. The van der Waals surface area contributed by atoms with Crippen molar-refractivity contribution in [1.82, 2.24) is 0 Å². The molecule has 0 saturated heterocycles. The Morgan fingerprint density at radius 1 is 1.29 bits per heavy atom. The minimum absolute atomic E-state index is 0.576. The molecule has 0 unspecified atom stereocenters. The molecule has 1 aromatic rings. The first kappa shape index (κ1) is 3.08. The van der Waals surface area contributed by atoms with E-state index < -0.39 is 0 Å². The van der Waals surface area contributed by atoms with Crippen LogP contribution in [0.25, 0.3) is 0 Å². The minimum atomic E-state index is 0.576.